The molecule has 4 nitrogen and oxygen atoms in total. The first-order valence-corrected chi connectivity index (χ1v) is 11.0. The van der Waals surface area contributed by atoms with Gasteiger partial charge in [-0.3, -0.25) is 9.59 Å². The number of aromatic nitrogens is 1. The first kappa shape index (κ1) is 20.0. The largest absolute Gasteiger partial charge is 0.481 e. The fourth-order valence-corrected chi connectivity index (χ4v) is 5.00. The first-order chi connectivity index (χ1) is 15.6. The Morgan fingerprint density at radius 2 is 1.50 bits per heavy atom. The molecule has 5 heteroatoms. The Balaban J connectivity index is 1.52. The summed E-state index contributed by atoms with van der Waals surface area (Å²) in [6, 6.07) is 29.1. The molecule has 0 radical (unpaired) electrons. The van der Waals surface area contributed by atoms with Gasteiger partial charge >= 0.3 is 5.97 Å². The molecule has 2 heterocycles. The normalized spacial score (nSPS) is 11.0. The number of ketones is 1. The molecule has 0 fully saturated rings. The summed E-state index contributed by atoms with van der Waals surface area (Å²) < 4.78 is 0. The summed E-state index contributed by atoms with van der Waals surface area (Å²) in [4.78, 5) is 29.4. The maximum absolute atomic E-state index is 13.3. The molecule has 0 saturated heterocycles. The van der Waals surface area contributed by atoms with Gasteiger partial charge in [0.15, 0.2) is 0 Å². The zero-order chi connectivity index (χ0) is 22.1. The van der Waals surface area contributed by atoms with Crippen molar-refractivity contribution >= 4 is 34.0 Å². The molecule has 0 amide bonds. The van der Waals surface area contributed by atoms with Crippen molar-refractivity contribution in [1.82, 2.24) is 4.98 Å². The van der Waals surface area contributed by atoms with Crippen molar-refractivity contribution in [2.75, 3.05) is 0 Å². The first-order valence-electron chi connectivity index (χ1n) is 10.2. The van der Waals surface area contributed by atoms with Gasteiger partial charge in [0.1, 0.15) is 0 Å². The molecule has 0 aliphatic rings. The van der Waals surface area contributed by atoms with Crippen LogP contribution in [-0.4, -0.2) is 21.8 Å². The zero-order valence-corrected chi connectivity index (χ0v) is 17.9. The lowest BCUT2D eigenvalue weighted by atomic mass is 10.0. The third-order valence-electron chi connectivity index (χ3n) is 5.38. The van der Waals surface area contributed by atoms with Crippen molar-refractivity contribution in [2.24, 2.45) is 0 Å². The van der Waals surface area contributed by atoms with Gasteiger partial charge in [-0.15, -0.1) is 11.3 Å². The van der Waals surface area contributed by atoms with Crippen LogP contribution >= 0.6 is 11.3 Å². The van der Waals surface area contributed by atoms with E-state index in [4.69, 9.17) is 0 Å². The Labute approximate surface area is 188 Å². The number of hydrogen-bond acceptors (Lipinski definition) is 3. The topological polar surface area (TPSA) is 70.2 Å². The van der Waals surface area contributed by atoms with Gasteiger partial charge in [0, 0.05) is 27.0 Å². The molecule has 0 aliphatic heterocycles. The number of carbonyl (C=O) groups is 2. The lowest BCUT2D eigenvalue weighted by molar-refractivity contribution is -0.136. The molecule has 5 aromatic rings. The highest BCUT2D eigenvalue weighted by Crippen LogP contribution is 2.35. The van der Waals surface area contributed by atoms with Crippen LogP contribution in [0.2, 0.25) is 0 Å². The van der Waals surface area contributed by atoms with Gasteiger partial charge in [0.05, 0.1) is 11.3 Å². The van der Waals surface area contributed by atoms with Gasteiger partial charge in [0.2, 0.25) is 5.78 Å². The number of aliphatic carboxylic acids is 1. The van der Waals surface area contributed by atoms with Crippen LogP contribution in [0.25, 0.3) is 32.6 Å². The van der Waals surface area contributed by atoms with E-state index < -0.39 is 5.97 Å². The molecule has 0 spiro atoms. The number of thiophene rings is 1. The average molecular weight is 438 g/mol. The number of carboxylic acid groups (broad SMARTS) is 1. The maximum atomic E-state index is 13.3. The lowest BCUT2D eigenvalue weighted by Crippen LogP contribution is -2.01. The van der Waals surface area contributed by atoms with E-state index in [1.165, 1.54) is 11.3 Å². The summed E-state index contributed by atoms with van der Waals surface area (Å²) in [5, 5.41) is 10.4. The number of aromatic amines is 1. The molecule has 0 unspecified atom stereocenters. The number of hydrogen-bond donors (Lipinski definition) is 2. The molecular weight excluding hydrogens is 418 g/mol. The Morgan fingerprint density at radius 3 is 2.19 bits per heavy atom. The number of rotatable bonds is 6. The van der Waals surface area contributed by atoms with Gasteiger partial charge in [-0.2, -0.15) is 0 Å². The molecule has 0 aliphatic carbocycles. The van der Waals surface area contributed by atoms with Crippen molar-refractivity contribution in [3.05, 3.63) is 107 Å². The summed E-state index contributed by atoms with van der Waals surface area (Å²) in [6.45, 7) is 0. The van der Waals surface area contributed by atoms with Crippen LogP contribution in [0.4, 0.5) is 0 Å². The monoisotopic (exact) mass is 437 g/mol. The van der Waals surface area contributed by atoms with E-state index in [1.807, 2.05) is 78.9 Å². The maximum Gasteiger partial charge on any atom is 0.307 e. The minimum absolute atomic E-state index is 0.110. The van der Waals surface area contributed by atoms with Crippen LogP contribution in [-0.2, 0) is 11.2 Å². The number of nitrogens with one attached hydrogen (secondary N) is 1. The molecule has 3 aromatic carbocycles. The Bertz CT molecular complexity index is 1430. The zero-order valence-electron chi connectivity index (χ0n) is 17.0. The SMILES string of the molecule is O=C(O)Cc1cc(C(=O)c2ccc3cc(-c4ccccc4)[nH]c3c2)sc1-c1ccccc1. The van der Waals surface area contributed by atoms with Gasteiger partial charge in [-0.05, 0) is 34.9 Å². The van der Waals surface area contributed by atoms with E-state index in [9.17, 15) is 14.7 Å². The van der Waals surface area contributed by atoms with Crippen LogP contribution in [0.3, 0.4) is 0 Å². The third-order valence-corrected chi connectivity index (χ3v) is 6.61. The van der Waals surface area contributed by atoms with Crippen LogP contribution in [0.5, 0.6) is 0 Å². The molecule has 5 rings (SSSR count). The van der Waals surface area contributed by atoms with Crippen molar-refractivity contribution < 1.29 is 14.7 Å². The minimum atomic E-state index is -0.916. The number of carbonyl (C=O) groups excluding carboxylic acids is 1. The molecule has 0 saturated carbocycles. The Morgan fingerprint density at radius 1 is 0.812 bits per heavy atom. The second-order valence-corrected chi connectivity index (χ2v) is 8.63. The standard InChI is InChI=1S/C27H19NO3S/c29-25(30)16-21-15-24(32-27(21)18-9-5-2-6-10-18)26(31)20-12-11-19-13-22(28-23(19)14-20)17-7-3-1-4-8-17/h1-15,28H,16H2,(H,29,30). The van der Waals surface area contributed by atoms with Crippen molar-refractivity contribution in [3.63, 3.8) is 0 Å². The third kappa shape index (κ3) is 3.86. The van der Waals surface area contributed by atoms with E-state index >= 15 is 0 Å². The Kier molecular flexibility index (Phi) is 5.17. The molecule has 2 aromatic heterocycles. The van der Waals surface area contributed by atoms with Crippen LogP contribution in [0.15, 0.2) is 91.0 Å². The van der Waals surface area contributed by atoms with E-state index in [0.29, 0.717) is 16.0 Å². The molecule has 0 atom stereocenters. The summed E-state index contributed by atoms with van der Waals surface area (Å²) >= 11 is 1.34. The second-order valence-electron chi connectivity index (χ2n) is 7.58. The van der Waals surface area contributed by atoms with Gasteiger partial charge in [0.25, 0.3) is 0 Å². The molecule has 2 N–H and O–H groups in total. The highest BCUT2D eigenvalue weighted by molar-refractivity contribution is 7.17. The van der Waals surface area contributed by atoms with E-state index in [1.54, 1.807) is 6.07 Å². The predicted octanol–water partition coefficient (Wildman–Crippen LogP) is 6.42. The fourth-order valence-electron chi connectivity index (χ4n) is 3.85. The molecule has 0 bridgehead atoms. The quantitative estimate of drug-likeness (QED) is 0.301. The van der Waals surface area contributed by atoms with Crippen molar-refractivity contribution in [3.8, 4) is 21.7 Å². The summed E-state index contributed by atoms with van der Waals surface area (Å²) in [7, 11) is 0. The summed E-state index contributed by atoms with van der Waals surface area (Å²) in [5.41, 5.74) is 5.11. The minimum Gasteiger partial charge on any atom is -0.481 e. The van der Waals surface area contributed by atoms with Gasteiger partial charge in [-0.1, -0.05) is 72.8 Å². The second kappa shape index (κ2) is 8.29. The average Bonchev–Trinajstić information content (AvgIpc) is 3.43. The van der Waals surface area contributed by atoms with Crippen LogP contribution in [0, 0.1) is 0 Å². The summed E-state index contributed by atoms with van der Waals surface area (Å²) in [5.74, 6) is -1.03. The highest BCUT2D eigenvalue weighted by atomic mass is 32.1. The van der Waals surface area contributed by atoms with Crippen molar-refractivity contribution in [1.29, 1.82) is 0 Å². The Hall–Kier alpha value is -3.96. The molecule has 156 valence electrons. The fraction of sp³-hybridized carbons (Fsp3) is 0.0370. The highest BCUT2D eigenvalue weighted by Gasteiger charge is 2.19. The van der Waals surface area contributed by atoms with Gasteiger partial charge in [-0.25, -0.2) is 0 Å². The summed E-state index contributed by atoms with van der Waals surface area (Å²) in [6.07, 6.45) is -0.121. The van der Waals surface area contributed by atoms with Crippen molar-refractivity contribution in [2.45, 2.75) is 6.42 Å². The van der Waals surface area contributed by atoms with Crippen LogP contribution < -0.4 is 0 Å². The van der Waals surface area contributed by atoms with E-state index in [2.05, 4.69) is 11.1 Å². The number of fused-ring (bicyclic) bond motifs is 1. The number of H-pyrrole nitrogens is 1. The molecule has 32 heavy (non-hydrogen) atoms. The number of benzene rings is 3. The van der Waals surface area contributed by atoms with Crippen LogP contribution in [0.1, 0.15) is 20.8 Å². The van der Waals surface area contributed by atoms with Gasteiger partial charge < -0.3 is 10.1 Å². The number of carboxylic acids is 1. The van der Waals surface area contributed by atoms with E-state index in [0.717, 1.165) is 32.6 Å². The smallest absolute Gasteiger partial charge is 0.307 e. The lowest BCUT2D eigenvalue weighted by Gasteiger charge is -2.01. The molecular formula is C27H19NO3S. The van der Waals surface area contributed by atoms with E-state index in [-0.39, 0.29) is 12.2 Å². The predicted molar refractivity (Wildman–Crippen MR) is 128 cm³/mol.